The number of hydrogen-bond donors (Lipinski definition) is 3. The van der Waals surface area contributed by atoms with Crippen molar-refractivity contribution < 1.29 is 19.5 Å². The summed E-state index contributed by atoms with van der Waals surface area (Å²) in [7, 11) is 0. The van der Waals surface area contributed by atoms with Crippen molar-refractivity contribution in [1.82, 2.24) is 5.32 Å². The van der Waals surface area contributed by atoms with Crippen LogP contribution in [0.25, 0.3) is 0 Å². The highest BCUT2D eigenvalue weighted by atomic mass is 35.5. The average Bonchev–Trinajstić information content (AvgIpc) is 2.89. The molecule has 1 aromatic rings. The van der Waals surface area contributed by atoms with Gasteiger partial charge in [0.15, 0.2) is 0 Å². The molecular weight excluding hydrogens is 308 g/mol. The molecule has 0 saturated heterocycles. The molecule has 6 nitrogen and oxygen atoms in total. The van der Waals surface area contributed by atoms with Crippen molar-refractivity contribution in [1.29, 1.82) is 0 Å². The summed E-state index contributed by atoms with van der Waals surface area (Å²) >= 11 is 6.02. The quantitative estimate of drug-likeness (QED) is 0.791. The van der Waals surface area contributed by atoms with Gasteiger partial charge in [0.1, 0.15) is 0 Å². The summed E-state index contributed by atoms with van der Waals surface area (Å²) in [5, 5.41) is 14.6. The molecule has 3 N–H and O–H groups in total. The van der Waals surface area contributed by atoms with Gasteiger partial charge in [-0.2, -0.15) is 0 Å². The summed E-state index contributed by atoms with van der Waals surface area (Å²) in [5.41, 5.74) is 0.739. The largest absolute Gasteiger partial charge is 0.481 e. The number of anilines is 1. The Bertz CT molecular complexity index is 618. The maximum atomic E-state index is 12.3. The Morgan fingerprint density at radius 1 is 1.27 bits per heavy atom. The van der Waals surface area contributed by atoms with Crippen LogP contribution in [0, 0.1) is 5.92 Å². The maximum Gasteiger partial charge on any atom is 0.306 e. The number of carbonyl (C=O) groups is 3. The van der Waals surface area contributed by atoms with Crippen molar-refractivity contribution in [3.63, 3.8) is 0 Å². The van der Waals surface area contributed by atoms with E-state index in [9.17, 15) is 14.4 Å². The zero-order chi connectivity index (χ0) is 16.3. The smallest absolute Gasteiger partial charge is 0.306 e. The van der Waals surface area contributed by atoms with E-state index in [0.717, 1.165) is 0 Å². The summed E-state index contributed by atoms with van der Waals surface area (Å²) in [6, 6.07) is 4.48. The van der Waals surface area contributed by atoms with E-state index in [1.807, 2.05) is 0 Å². The van der Waals surface area contributed by atoms with Crippen LogP contribution in [0.4, 0.5) is 5.69 Å². The van der Waals surface area contributed by atoms with Crippen LogP contribution in [-0.4, -0.2) is 28.9 Å². The number of nitrogens with one attached hydrogen (secondary N) is 2. The zero-order valence-corrected chi connectivity index (χ0v) is 12.8. The average molecular weight is 325 g/mol. The fourth-order valence-corrected chi connectivity index (χ4v) is 2.78. The highest BCUT2D eigenvalue weighted by molar-refractivity contribution is 6.34. The van der Waals surface area contributed by atoms with Crippen molar-refractivity contribution in [2.24, 2.45) is 5.92 Å². The molecule has 0 bridgehead atoms. The van der Waals surface area contributed by atoms with Gasteiger partial charge in [-0.25, -0.2) is 0 Å². The Morgan fingerprint density at radius 3 is 2.59 bits per heavy atom. The fraction of sp³-hybridized carbons (Fsp3) is 0.400. The maximum absolute atomic E-state index is 12.3. The number of amides is 2. The van der Waals surface area contributed by atoms with Crippen molar-refractivity contribution in [3.05, 3.63) is 28.8 Å². The van der Waals surface area contributed by atoms with Crippen LogP contribution in [0.1, 0.15) is 36.5 Å². The summed E-state index contributed by atoms with van der Waals surface area (Å²) in [5.74, 6) is -1.85. The molecule has 2 atom stereocenters. The molecule has 0 aromatic heterocycles. The first kappa shape index (κ1) is 16.3. The number of rotatable bonds is 4. The molecule has 1 fully saturated rings. The third kappa shape index (κ3) is 3.98. The molecule has 0 unspecified atom stereocenters. The molecule has 2 amide bonds. The van der Waals surface area contributed by atoms with Crippen molar-refractivity contribution in [2.75, 3.05) is 5.32 Å². The fourth-order valence-electron chi connectivity index (χ4n) is 2.58. The minimum Gasteiger partial charge on any atom is -0.481 e. The highest BCUT2D eigenvalue weighted by Gasteiger charge is 2.31. The number of carboxylic acids is 1. The topological polar surface area (TPSA) is 95.5 Å². The highest BCUT2D eigenvalue weighted by Crippen LogP contribution is 2.27. The van der Waals surface area contributed by atoms with Gasteiger partial charge >= 0.3 is 5.97 Å². The lowest BCUT2D eigenvalue weighted by molar-refractivity contribution is -0.141. The van der Waals surface area contributed by atoms with Gasteiger partial charge in [-0.3, -0.25) is 14.4 Å². The van der Waals surface area contributed by atoms with Crippen molar-refractivity contribution in [2.45, 2.75) is 32.2 Å². The number of hydrogen-bond acceptors (Lipinski definition) is 3. The monoisotopic (exact) mass is 324 g/mol. The van der Waals surface area contributed by atoms with Crippen molar-refractivity contribution >= 4 is 35.1 Å². The van der Waals surface area contributed by atoms with E-state index in [-0.39, 0.29) is 28.4 Å². The van der Waals surface area contributed by atoms with E-state index < -0.39 is 11.9 Å². The van der Waals surface area contributed by atoms with Gasteiger partial charge in [-0.1, -0.05) is 11.6 Å². The number of carboxylic acid groups (broad SMARTS) is 1. The third-order valence-electron chi connectivity index (χ3n) is 3.65. The molecule has 1 aromatic carbocycles. The summed E-state index contributed by atoms with van der Waals surface area (Å²) in [6.45, 7) is 1.37. The minimum absolute atomic E-state index is 0.172. The van der Waals surface area contributed by atoms with Gasteiger partial charge in [-0.05, 0) is 37.5 Å². The Labute approximate surface area is 132 Å². The molecule has 0 heterocycles. The molecule has 1 saturated carbocycles. The van der Waals surface area contributed by atoms with Gasteiger partial charge in [0.2, 0.25) is 5.91 Å². The number of aliphatic carboxylic acids is 1. The van der Waals surface area contributed by atoms with E-state index in [0.29, 0.717) is 24.9 Å². The van der Waals surface area contributed by atoms with Crippen LogP contribution in [0.5, 0.6) is 0 Å². The lowest BCUT2D eigenvalue weighted by Crippen LogP contribution is -2.33. The first-order chi connectivity index (χ1) is 10.4. The van der Waals surface area contributed by atoms with Gasteiger partial charge in [0.05, 0.1) is 16.5 Å². The predicted octanol–water partition coefficient (Wildman–Crippen LogP) is 2.28. The van der Waals surface area contributed by atoms with E-state index in [1.165, 1.54) is 19.1 Å². The predicted molar refractivity (Wildman–Crippen MR) is 82.0 cm³/mol. The Morgan fingerprint density at radius 2 is 2.00 bits per heavy atom. The molecule has 7 heteroatoms. The van der Waals surface area contributed by atoms with Gasteiger partial charge in [0.25, 0.3) is 5.91 Å². The summed E-state index contributed by atoms with van der Waals surface area (Å²) in [4.78, 5) is 34.3. The van der Waals surface area contributed by atoms with E-state index in [1.54, 1.807) is 6.07 Å². The first-order valence-electron chi connectivity index (χ1n) is 6.97. The Hall–Kier alpha value is -2.08. The Balaban J connectivity index is 2.06. The van der Waals surface area contributed by atoms with Crippen LogP contribution in [0.2, 0.25) is 5.02 Å². The van der Waals surface area contributed by atoms with Crippen LogP contribution in [0.3, 0.4) is 0 Å². The van der Waals surface area contributed by atoms with Crippen LogP contribution in [0.15, 0.2) is 18.2 Å². The second kappa shape index (κ2) is 6.79. The van der Waals surface area contributed by atoms with Crippen LogP contribution >= 0.6 is 11.6 Å². The molecule has 0 aliphatic heterocycles. The Kier molecular flexibility index (Phi) is 5.03. The van der Waals surface area contributed by atoms with Gasteiger partial charge in [-0.15, -0.1) is 0 Å². The molecule has 0 radical (unpaired) electrons. The zero-order valence-electron chi connectivity index (χ0n) is 12.1. The molecule has 2 rings (SSSR count). The molecule has 118 valence electrons. The SMILES string of the molecule is CC(=O)Nc1ccc(Cl)c(C(=O)N[C@H]2CC[C@@H](C(=O)O)C2)c1. The minimum atomic E-state index is -0.831. The third-order valence-corrected chi connectivity index (χ3v) is 3.98. The summed E-state index contributed by atoms with van der Waals surface area (Å²) < 4.78 is 0. The van der Waals surface area contributed by atoms with E-state index in [4.69, 9.17) is 16.7 Å². The summed E-state index contributed by atoms with van der Waals surface area (Å²) in [6.07, 6.45) is 1.61. The van der Waals surface area contributed by atoms with Crippen molar-refractivity contribution in [3.8, 4) is 0 Å². The standard InChI is InChI=1S/C15H17ClN2O4/c1-8(19)17-11-4-5-13(16)12(7-11)14(20)18-10-3-2-9(6-10)15(21)22/h4-5,7,9-10H,2-3,6H2,1H3,(H,17,19)(H,18,20)(H,21,22)/t9-,10+/m1/s1. The molecule has 22 heavy (non-hydrogen) atoms. The van der Waals surface area contributed by atoms with E-state index >= 15 is 0 Å². The van der Waals surface area contributed by atoms with Crippen LogP contribution < -0.4 is 10.6 Å². The molecular formula is C15H17ClN2O4. The molecule has 0 spiro atoms. The number of halogens is 1. The van der Waals surface area contributed by atoms with Gasteiger partial charge < -0.3 is 15.7 Å². The van der Waals surface area contributed by atoms with E-state index in [2.05, 4.69) is 10.6 Å². The number of carbonyl (C=O) groups excluding carboxylic acids is 2. The number of benzene rings is 1. The second-order valence-corrected chi connectivity index (χ2v) is 5.80. The van der Waals surface area contributed by atoms with Gasteiger partial charge in [0, 0.05) is 18.7 Å². The van der Waals surface area contributed by atoms with Crippen LogP contribution in [-0.2, 0) is 9.59 Å². The molecule has 1 aliphatic carbocycles. The normalized spacial score (nSPS) is 20.5. The molecule has 1 aliphatic rings. The second-order valence-electron chi connectivity index (χ2n) is 5.39. The lowest BCUT2D eigenvalue weighted by Gasteiger charge is -2.14. The first-order valence-corrected chi connectivity index (χ1v) is 7.35. The lowest BCUT2D eigenvalue weighted by atomic mass is 10.1.